The lowest BCUT2D eigenvalue weighted by Gasteiger charge is -2.33. The molecule has 0 aromatic carbocycles. The van der Waals surface area contributed by atoms with Crippen molar-refractivity contribution in [1.82, 2.24) is 0 Å². The van der Waals surface area contributed by atoms with Gasteiger partial charge in [0.05, 0.1) is 6.61 Å². The van der Waals surface area contributed by atoms with Crippen LogP contribution in [-0.2, 0) is 9.53 Å². The first kappa shape index (κ1) is 12.4. The van der Waals surface area contributed by atoms with Crippen LogP contribution in [0.25, 0.3) is 0 Å². The number of carbonyl (C=O) groups excluding carboxylic acids is 1. The lowest BCUT2D eigenvalue weighted by molar-refractivity contribution is -0.135. The second kappa shape index (κ2) is 5.54. The van der Waals surface area contributed by atoms with Crippen molar-refractivity contribution in [3.05, 3.63) is 0 Å². The van der Waals surface area contributed by atoms with E-state index in [1.54, 1.807) is 0 Å². The molecule has 2 aliphatic rings. The predicted molar refractivity (Wildman–Crippen MR) is 67.7 cm³/mol. The smallest absolute Gasteiger partial charge is 0.165 e. The largest absolute Gasteiger partial charge is 0.369 e. The van der Waals surface area contributed by atoms with Crippen molar-refractivity contribution < 1.29 is 9.53 Å². The van der Waals surface area contributed by atoms with Gasteiger partial charge in [0.2, 0.25) is 0 Å². The molecule has 0 radical (unpaired) electrons. The Bertz CT molecular complexity index is 238. The average molecular weight is 242 g/mol. The molecule has 1 saturated heterocycles. The van der Waals surface area contributed by atoms with Gasteiger partial charge in [0.25, 0.3) is 0 Å². The maximum atomic E-state index is 12.3. The number of Topliss-reactive ketones (excluding diaryl/α,β-unsaturated/α-hetero) is 1. The van der Waals surface area contributed by atoms with E-state index in [-0.39, 0.29) is 12.0 Å². The zero-order valence-corrected chi connectivity index (χ0v) is 11.1. The Kier molecular flexibility index (Phi) is 4.31. The van der Waals surface area contributed by atoms with Crippen LogP contribution in [0.3, 0.4) is 0 Å². The Labute approximate surface area is 103 Å². The molecule has 2 fully saturated rings. The molecule has 1 saturated carbocycles. The van der Waals surface area contributed by atoms with Crippen molar-refractivity contribution in [2.24, 2.45) is 17.8 Å². The average Bonchev–Trinajstić information content (AvgIpc) is 2.28. The number of rotatable bonds is 2. The topological polar surface area (TPSA) is 26.3 Å². The highest BCUT2D eigenvalue weighted by molar-refractivity contribution is 7.99. The fraction of sp³-hybridized carbons (Fsp3) is 0.923. The van der Waals surface area contributed by atoms with Crippen LogP contribution in [-0.4, -0.2) is 30.0 Å². The van der Waals surface area contributed by atoms with Gasteiger partial charge in [-0.2, -0.15) is 11.8 Å². The summed E-state index contributed by atoms with van der Waals surface area (Å²) in [6.45, 7) is 5.29. The van der Waals surface area contributed by atoms with E-state index in [0.717, 1.165) is 31.0 Å². The maximum Gasteiger partial charge on any atom is 0.165 e. The lowest BCUT2D eigenvalue weighted by atomic mass is 9.74. The Hall–Kier alpha value is -0.0200. The van der Waals surface area contributed by atoms with Crippen molar-refractivity contribution in [3.63, 3.8) is 0 Å². The van der Waals surface area contributed by atoms with Crippen molar-refractivity contribution in [1.29, 1.82) is 0 Å². The number of thioether (sulfide) groups is 1. The fourth-order valence-electron chi connectivity index (χ4n) is 3.09. The minimum atomic E-state index is -0.110. The van der Waals surface area contributed by atoms with Gasteiger partial charge in [0, 0.05) is 17.4 Å². The number of hydrogen-bond donors (Lipinski definition) is 0. The summed E-state index contributed by atoms with van der Waals surface area (Å²) >= 11 is 1.85. The highest BCUT2D eigenvalue weighted by Crippen LogP contribution is 2.34. The molecule has 3 heteroatoms. The summed E-state index contributed by atoms with van der Waals surface area (Å²) in [5.41, 5.74) is 0. The van der Waals surface area contributed by atoms with Crippen LogP contribution in [0.1, 0.15) is 33.1 Å². The second-order valence-corrected chi connectivity index (χ2v) is 6.60. The molecule has 3 atom stereocenters. The number of ketones is 1. The lowest BCUT2D eigenvalue weighted by Crippen LogP contribution is -2.38. The van der Waals surface area contributed by atoms with Gasteiger partial charge in [-0.1, -0.05) is 13.8 Å². The third-order valence-electron chi connectivity index (χ3n) is 3.71. The molecular formula is C13H22O2S. The predicted octanol–water partition coefficient (Wildman–Crippen LogP) is 2.76. The first-order valence-electron chi connectivity index (χ1n) is 6.40. The number of hydrogen-bond acceptors (Lipinski definition) is 3. The van der Waals surface area contributed by atoms with Gasteiger partial charge < -0.3 is 4.74 Å². The van der Waals surface area contributed by atoms with E-state index in [4.69, 9.17) is 4.74 Å². The van der Waals surface area contributed by atoms with Gasteiger partial charge in [-0.3, -0.25) is 4.79 Å². The molecule has 1 aliphatic carbocycles. The van der Waals surface area contributed by atoms with Crippen LogP contribution in [0.2, 0.25) is 0 Å². The molecule has 92 valence electrons. The second-order valence-electron chi connectivity index (χ2n) is 5.45. The first-order chi connectivity index (χ1) is 7.66. The van der Waals surface area contributed by atoms with Crippen molar-refractivity contribution >= 4 is 17.5 Å². The van der Waals surface area contributed by atoms with Crippen LogP contribution >= 0.6 is 11.8 Å². The zero-order chi connectivity index (χ0) is 11.5. The molecule has 1 aliphatic heterocycles. The maximum absolute atomic E-state index is 12.3. The van der Waals surface area contributed by atoms with Crippen molar-refractivity contribution in [2.45, 2.75) is 39.2 Å². The van der Waals surface area contributed by atoms with Gasteiger partial charge in [0.1, 0.15) is 6.10 Å². The Morgan fingerprint density at radius 3 is 2.44 bits per heavy atom. The van der Waals surface area contributed by atoms with E-state index in [2.05, 4.69) is 13.8 Å². The summed E-state index contributed by atoms with van der Waals surface area (Å²) in [4.78, 5) is 12.3. The van der Waals surface area contributed by atoms with E-state index < -0.39 is 0 Å². The van der Waals surface area contributed by atoms with Gasteiger partial charge >= 0.3 is 0 Å². The molecule has 3 unspecified atom stereocenters. The van der Waals surface area contributed by atoms with E-state index >= 15 is 0 Å². The summed E-state index contributed by atoms with van der Waals surface area (Å²) in [5, 5.41) is 0. The Balaban J connectivity index is 1.92. The standard InChI is InChI=1S/C13H22O2S/c1-9-5-10(2)7-11(6-9)13(14)12-8-16-4-3-15-12/h9-12H,3-8H2,1-2H3. The van der Waals surface area contributed by atoms with Gasteiger partial charge in [0.15, 0.2) is 5.78 Å². The van der Waals surface area contributed by atoms with Crippen LogP contribution < -0.4 is 0 Å². The number of carbonyl (C=O) groups is 1. The monoisotopic (exact) mass is 242 g/mol. The minimum absolute atomic E-state index is 0.110. The SMILES string of the molecule is CC1CC(C)CC(C(=O)C2CSCCO2)C1. The molecular weight excluding hydrogens is 220 g/mol. The van der Waals surface area contributed by atoms with Crippen LogP contribution in [0.4, 0.5) is 0 Å². The first-order valence-corrected chi connectivity index (χ1v) is 7.55. The van der Waals surface area contributed by atoms with E-state index in [0.29, 0.717) is 17.6 Å². The van der Waals surface area contributed by atoms with Crippen molar-refractivity contribution in [2.75, 3.05) is 18.1 Å². The third kappa shape index (κ3) is 3.01. The molecule has 0 bridgehead atoms. The molecule has 1 heterocycles. The van der Waals surface area contributed by atoms with Gasteiger partial charge in [-0.05, 0) is 31.1 Å². The minimum Gasteiger partial charge on any atom is -0.369 e. The molecule has 2 nitrogen and oxygen atoms in total. The van der Waals surface area contributed by atoms with Crippen LogP contribution in [0.15, 0.2) is 0 Å². The molecule has 0 aromatic rings. The molecule has 16 heavy (non-hydrogen) atoms. The summed E-state index contributed by atoms with van der Waals surface area (Å²) in [6, 6.07) is 0. The van der Waals surface area contributed by atoms with Gasteiger partial charge in [-0.15, -0.1) is 0 Å². The summed E-state index contributed by atoms with van der Waals surface area (Å²) in [5.74, 6) is 3.97. The van der Waals surface area contributed by atoms with E-state index in [9.17, 15) is 4.79 Å². The highest BCUT2D eigenvalue weighted by atomic mass is 32.2. The van der Waals surface area contributed by atoms with E-state index in [1.807, 2.05) is 11.8 Å². The molecule has 0 spiro atoms. The van der Waals surface area contributed by atoms with Gasteiger partial charge in [-0.25, -0.2) is 0 Å². The van der Waals surface area contributed by atoms with Crippen molar-refractivity contribution in [3.8, 4) is 0 Å². The summed E-state index contributed by atoms with van der Waals surface area (Å²) < 4.78 is 5.59. The highest BCUT2D eigenvalue weighted by Gasteiger charge is 2.34. The summed E-state index contributed by atoms with van der Waals surface area (Å²) in [7, 11) is 0. The normalized spacial score (nSPS) is 40.6. The quantitative estimate of drug-likeness (QED) is 0.745. The molecule has 0 aromatic heterocycles. The molecule has 0 N–H and O–H groups in total. The molecule has 0 amide bonds. The van der Waals surface area contributed by atoms with Crippen LogP contribution in [0, 0.1) is 17.8 Å². The zero-order valence-electron chi connectivity index (χ0n) is 10.3. The Morgan fingerprint density at radius 2 is 1.88 bits per heavy atom. The molecule has 2 rings (SSSR count). The third-order valence-corrected chi connectivity index (χ3v) is 4.71. The van der Waals surface area contributed by atoms with Crippen LogP contribution in [0.5, 0.6) is 0 Å². The number of ether oxygens (including phenoxy) is 1. The summed E-state index contributed by atoms with van der Waals surface area (Å²) in [6.07, 6.45) is 3.33. The fourth-order valence-corrected chi connectivity index (χ4v) is 3.95. The Morgan fingerprint density at radius 1 is 1.19 bits per heavy atom. The van der Waals surface area contributed by atoms with E-state index in [1.165, 1.54) is 6.42 Å².